The molecule has 0 spiro atoms. The Bertz CT molecular complexity index is 178. The molecule has 3 atom stereocenters. The molecule has 15 heavy (non-hydrogen) atoms. The van der Waals surface area contributed by atoms with E-state index in [2.05, 4.69) is 11.8 Å². The highest BCUT2D eigenvalue weighted by Gasteiger charge is 2.29. The van der Waals surface area contributed by atoms with Crippen molar-refractivity contribution >= 4 is 0 Å². The predicted molar refractivity (Wildman–Crippen MR) is 60.9 cm³/mol. The number of nitrogens with zero attached hydrogens (tertiary/aromatic N) is 1. The minimum absolute atomic E-state index is 0.333. The molecule has 4 heteroatoms. The Kier molecular flexibility index (Phi) is 5.53. The van der Waals surface area contributed by atoms with Crippen LogP contribution < -0.4 is 5.73 Å². The molecule has 0 bridgehead atoms. The zero-order chi connectivity index (χ0) is 11.3. The number of piperidine rings is 1. The van der Waals surface area contributed by atoms with Crippen LogP contribution in [0.25, 0.3) is 0 Å². The molecule has 0 aromatic heterocycles. The summed E-state index contributed by atoms with van der Waals surface area (Å²) >= 11 is 0. The van der Waals surface area contributed by atoms with Crippen LogP contribution >= 0.6 is 0 Å². The lowest BCUT2D eigenvalue weighted by atomic mass is 9.95. The van der Waals surface area contributed by atoms with Gasteiger partial charge in [0.25, 0.3) is 0 Å². The van der Waals surface area contributed by atoms with Gasteiger partial charge in [-0.2, -0.15) is 0 Å². The van der Waals surface area contributed by atoms with Crippen molar-refractivity contribution in [1.82, 2.24) is 4.90 Å². The second-order valence-electron chi connectivity index (χ2n) is 4.38. The lowest BCUT2D eigenvalue weighted by Crippen LogP contribution is -2.52. The summed E-state index contributed by atoms with van der Waals surface area (Å²) in [6.07, 6.45) is 1.52. The van der Waals surface area contributed by atoms with Crippen LogP contribution in [0.4, 0.5) is 0 Å². The van der Waals surface area contributed by atoms with Gasteiger partial charge >= 0.3 is 0 Å². The first-order valence-corrected chi connectivity index (χ1v) is 5.68. The number of rotatable bonds is 5. The monoisotopic (exact) mass is 216 g/mol. The van der Waals surface area contributed by atoms with Crippen LogP contribution in [-0.2, 0) is 9.47 Å². The number of nitrogens with two attached hydrogens (primary N) is 1. The molecule has 0 aliphatic carbocycles. The Labute approximate surface area is 92.7 Å². The number of methoxy groups -OCH3 is 2. The smallest absolute Gasteiger partial charge is 0.0724 e. The fourth-order valence-corrected chi connectivity index (χ4v) is 2.21. The van der Waals surface area contributed by atoms with Gasteiger partial charge in [-0.3, -0.25) is 4.90 Å². The molecule has 0 radical (unpaired) electrons. The van der Waals surface area contributed by atoms with Crippen LogP contribution in [0.1, 0.15) is 13.3 Å². The first-order chi connectivity index (χ1) is 7.22. The van der Waals surface area contributed by atoms with Crippen molar-refractivity contribution in [3.63, 3.8) is 0 Å². The molecule has 1 heterocycles. The van der Waals surface area contributed by atoms with Gasteiger partial charge in [0.1, 0.15) is 0 Å². The largest absolute Gasteiger partial charge is 0.383 e. The van der Waals surface area contributed by atoms with Gasteiger partial charge < -0.3 is 15.2 Å². The molecule has 1 rings (SSSR count). The third kappa shape index (κ3) is 3.41. The summed E-state index contributed by atoms with van der Waals surface area (Å²) in [6, 6.07) is 0.333. The Morgan fingerprint density at radius 3 is 2.73 bits per heavy atom. The highest BCUT2D eigenvalue weighted by molar-refractivity contribution is 4.83. The molecular formula is C11H24N2O2. The minimum atomic E-state index is 0.333. The number of likely N-dealkylation sites (tertiary alicyclic amines) is 1. The van der Waals surface area contributed by atoms with E-state index in [4.69, 9.17) is 15.2 Å². The lowest BCUT2D eigenvalue weighted by molar-refractivity contribution is -0.0289. The Hall–Kier alpha value is -0.160. The molecule has 1 saturated heterocycles. The van der Waals surface area contributed by atoms with E-state index in [1.807, 2.05) is 0 Å². The molecular weight excluding hydrogens is 192 g/mol. The Balaban J connectivity index is 2.48. The Morgan fingerprint density at radius 2 is 2.20 bits per heavy atom. The van der Waals surface area contributed by atoms with E-state index in [1.165, 1.54) is 6.42 Å². The average molecular weight is 216 g/mol. The predicted octanol–water partition coefficient (Wildman–Crippen LogP) is 0.317. The van der Waals surface area contributed by atoms with Crippen molar-refractivity contribution in [3.05, 3.63) is 0 Å². The van der Waals surface area contributed by atoms with Crippen molar-refractivity contribution in [2.75, 3.05) is 40.5 Å². The van der Waals surface area contributed by atoms with Crippen molar-refractivity contribution in [2.45, 2.75) is 25.5 Å². The van der Waals surface area contributed by atoms with Crippen LogP contribution in [0.5, 0.6) is 0 Å². The molecule has 2 N–H and O–H groups in total. The molecule has 90 valence electrons. The van der Waals surface area contributed by atoms with Gasteiger partial charge in [0, 0.05) is 33.4 Å². The van der Waals surface area contributed by atoms with Gasteiger partial charge in [-0.25, -0.2) is 0 Å². The van der Waals surface area contributed by atoms with Gasteiger partial charge in [0.05, 0.1) is 12.7 Å². The molecule has 0 saturated carbocycles. The SMILES string of the molecule is COCC(CN)N1CCC(C)C(OC)C1. The van der Waals surface area contributed by atoms with Gasteiger partial charge in [-0.05, 0) is 18.9 Å². The fourth-order valence-electron chi connectivity index (χ4n) is 2.21. The normalized spacial score (nSPS) is 30.4. The maximum atomic E-state index is 5.75. The third-order valence-corrected chi connectivity index (χ3v) is 3.37. The molecule has 3 unspecified atom stereocenters. The zero-order valence-electron chi connectivity index (χ0n) is 10.1. The third-order valence-electron chi connectivity index (χ3n) is 3.37. The van der Waals surface area contributed by atoms with E-state index in [-0.39, 0.29) is 0 Å². The molecule has 1 aliphatic rings. The highest BCUT2D eigenvalue weighted by atomic mass is 16.5. The maximum absolute atomic E-state index is 5.75. The Morgan fingerprint density at radius 1 is 1.47 bits per heavy atom. The summed E-state index contributed by atoms with van der Waals surface area (Å²) in [5, 5.41) is 0. The molecule has 1 fully saturated rings. The van der Waals surface area contributed by atoms with E-state index in [0.717, 1.165) is 13.1 Å². The summed E-state index contributed by atoms with van der Waals surface area (Å²) in [6.45, 7) is 5.69. The van der Waals surface area contributed by atoms with Crippen molar-refractivity contribution in [1.29, 1.82) is 0 Å². The molecule has 0 amide bonds. The first kappa shape index (κ1) is 12.9. The molecule has 0 aromatic rings. The summed E-state index contributed by atoms with van der Waals surface area (Å²) in [5.74, 6) is 0.646. The quantitative estimate of drug-likeness (QED) is 0.719. The van der Waals surface area contributed by atoms with Crippen LogP contribution in [0, 0.1) is 5.92 Å². The van der Waals surface area contributed by atoms with E-state index >= 15 is 0 Å². The van der Waals surface area contributed by atoms with E-state index < -0.39 is 0 Å². The second-order valence-corrected chi connectivity index (χ2v) is 4.38. The first-order valence-electron chi connectivity index (χ1n) is 5.68. The number of hydrogen-bond donors (Lipinski definition) is 1. The van der Waals surface area contributed by atoms with Crippen molar-refractivity contribution < 1.29 is 9.47 Å². The molecule has 1 aliphatic heterocycles. The van der Waals surface area contributed by atoms with Crippen LogP contribution in [0.2, 0.25) is 0 Å². The van der Waals surface area contributed by atoms with Gasteiger partial charge in [-0.15, -0.1) is 0 Å². The van der Waals surface area contributed by atoms with Crippen molar-refractivity contribution in [2.24, 2.45) is 11.7 Å². The fraction of sp³-hybridized carbons (Fsp3) is 1.00. The lowest BCUT2D eigenvalue weighted by Gasteiger charge is -2.40. The average Bonchev–Trinajstić information content (AvgIpc) is 2.27. The van der Waals surface area contributed by atoms with Crippen LogP contribution in [0.3, 0.4) is 0 Å². The topological polar surface area (TPSA) is 47.7 Å². The molecule has 0 aromatic carbocycles. The van der Waals surface area contributed by atoms with Gasteiger partial charge in [0.15, 0.2) is 0 Å². The van der Waals surface area contributed by atoms with Crippen molar-refractivity contribution in [3.8, 4) is 0 Å². The summed E-state index contributed by atoms with van der Waals surface area (Å²) in [5.41, 5.74) is 5.75. The van der Waals surface area contributed by atoms with Crippen LogP contribution in [0.15, 0.2) is 0 Å². The summed E-state index contributed by atoms with van der Waals surface area (Å²) in [4.78, 5) is 2.39. The van der Waals surface area contributed by atoms with E-state index in [0.29, 0.717) is 31.2 Å². The van der Waals surface area contributed by atoms with E-state index in [9.17, 15) is 0 Å². The minimum Gasteiger partial charge on any atom is -0.383 e. The number of hydrogen-bond acceptors (Lipinski definition) is 4. The van der Waals surface area contributed by atoms with Gasteiger partial charge in [0.2, 0.25) is 0 Å². The molecule has 4 nitrogen and oxygen atoms in total. The maximum Gasteiger partial charge on any atom is 0.0724 e. The second kappa shape index (κ2) is 6.43. The highest BCUT2D eigenvalue weighted by Crippen LogP contribution is 2.20. The standard InChI is InChI=1S/C11H24N2O2/c1-9-4-5-13(7-11(9)15-3)10(6-12)8-14-2/h9-11H,4-8,12H2,1-3H3. The summed E-state index contributed by atoms with van der Waals surface area (Å²) in [7, 11) is 3.52. The summed E-state index contributed by atoms with van der Waals surface area (Å²) < 4.78 is 10.7. The van der Waals surface area contributed by atoms with E-state index in [1.54, 1.807) is 14.2 Å². The van der Waals surface area contributed by atoms with Gasteiger partial charge in [-0.1, -0.05) is 6.92 Å². The number of ether oxygens (including phenoxy) is 2. The van der Waals surface area contributed by atoms with Crippen LogP contribution in [-0.4, -0.2) is 57.5 Å². The zero-order valence-corrected chi connectivity index (χ0v) is 10.1.